The minimum Gasteiger partial charge on any atom is -0.478 e. The fourth-order valence-corrected chi connectivity index (χ4v) is 2.70. The Morgan fingerprint density at radius 2 is 1.96 bits per heavy atom. The third-order valence-corrected chi connectivity index (χ3v) is 3.64. The number of carboxylic acid groups (broad SMARTS) is 1. The fourth-order valence-electron chi connectivity index (χ4n) is 2.70. The van der Waals surface area contributed by atoms with Gasteiger partial charge in [0.25, 0.3) is 0 Å². The summed E-state index contributed by atoms with van der Waals surface area (Å²) in [4.78, 5) is 15.6. The van der Waals surface area contributed by atoms with Crippen molar-refractivity contribution in [3.63, 3.8) is 0 Å². The first-order valence-corrected chi connectivity index (χ1v) is 7.75. The second-order valence-electron chi connectivity index (χ2n) is 6.62. The number of carboxylic acids is 1. The van der Waals surface area contributed by atoms with E-state index in [2.05, 4.69) is 9.72 Å². The van der Waals surface area contributed by atoms with E-state index in [-0.39, 0.29) is 30.1 Å². The number of rotatable bonds is 5. The molecular formula is C17H19F3N2O4. The van der Waals surface area contributed by atoms with E-state index in [4.69, 9.17) is 0 Å². The summed E-state index contributed by atoms with van der Waals surface area (Å²) in [6, 6.07) is 3.71. The molecule has 2 heterocycles. The standard InChI is InChI=1S/C17H19F3N2O4/c1-16(2,3)12-9-10(15(24)25)14(22(12)7-8-23)13-11(5-4-6-21-13)26-17(18,19)20/h4-6,9,23H,7-8H2,1-3H3,(H,24,25). The lowest BCUT2D eigenvalue weighted by Gasteiger charge is -2.23. The van der Waals surface area contributed by atoms with E-state index >= 15 is 0 Å². The van der Waals surface area contributed by atoms with Gasteiger partial charge in [0.05, 0.1) is 17.9 Å². The molecule has 0 fully saturated rings. The van der Waals surface area contributed by atoms with Crippen LogP contribution in [0, 0.1) is 0 Å². The lowest BCUT2D eigenvalue weighted by molar-refractivity contribution is -0.274. The van der Waals surface area contributed by atoms with Crippen molar-refractivity contribution in [3.8, 4) is 17.1 Å². The van der Waals surface area contributed by atoms with Gasteiger partial charge in [0, 0.05) is 23.9 Å². The number of aromatic nitrogens is 2. The quantitative estimate of drug-likeness (QED) is 0.840. The Kier molecular flexibility index (Phi) is 5.31. The largest absolute Gasteiger partial charge is 0.573 e. The topological polar surface area (TPSA) is 84.6 Å². The smallest absolute Gasteiger partial charge is 0.478 e. The number of alkyl halides is 3. The molecule has 6 nitrogen and oxygen atoms in total. The Bertz CT molecular complexity index is 807. The molecule has 0 amide bonds. The normalized spacial score (nSPS) is 12.3. The van der Waals surface area contributed by atoms with Crippen molar-refractivity contribution in [1.29, 1.82) is 0 Å². The number of aliphatic hydroxyl groups is 1. The first kappa shape index (κ1) is 19.8. The van der Waals surface area contributed by atoms with Crippen LogP contribution < -0.4 is 4.74 Å². The molecule has 0 unspecified atom stereocenters. The predicted molar refractivity (Wildman–Crippen MR) is 87.1 cm³/mol. The molecule has 2 aromatic rings. The zero-order chi connectivity index (χ0) is 19.7. The van der Waals surface area contributed by atoms with Gasteiger partial charge >= 0.3 is 12.3 Å². The fraction of sp³-hybridized carbons (Fsp3) is 0.412. The Morgan fingerprint density at radius 3 is 2.46 bits per heavy atom. The van der Waals surface area contributed by atoms with E-state index < -0.39 is 23.5 Å². The maximum atomic E-state index is 12.7. The lowest BCUT2D eigenvalue weighted by Crippen LogP contribution is -2.21. The molecule has 0 bridgehead atoms. The molecule has 0 radical (unpaired) electrons. The molecule has 0 aliphatic carbocycles. The van der Waals surface area contributed by atoms with Crippen LogP contribution >= 0.6 is 0 Å². The molecule has 142 valence electrons. The number of aromatic carboxylic acids is 1. The molecular weight excluding hydrogens is 353 g/mol. The van der Waals surface area contributed by atoms with Crippen molar-refractivity contribution in [1.82, 2.24) is 9.55 Å². The zero-order valence-electron chi connectivity index (χ0n) is 14.5. The van der Waals surface area contributed by atoms with E-state index in [1.165, 1.54) is 22.9 Å². The first-order chi connectivity index (χ1) is 12.0. The van der Waals surface area contributed by atoms with Gasteiger partial charge in [-0.25, -0.2) is 4.79 Å². The summed E-state index contributed by atoms with van der Waals surface area (Å²) in [6.45, 7) is 5.16. The van der Waals surface area contributed by atoms with E-state index in [1.54, 1.807) is 0 Å². The van der Waals surface area contributed by atoms with Crippen molar-refractivity contribution in [2.45, 2.75) is 39.1 Å². The highest BCUT2D eigenvalue weighted by Crippen LogP contribution is 2.38. The van der Waals surface area contributed by atoms with Crippen molar-refractivity contribution >= 4 is 5.97 Å². The monoisotopic (exact) mass is 372 g/mol. The SMILES string of the molecule is CC(C)(C)c1cc(C(=O)O)c(-c2ncccc2OC(F)(F)F)n1CCO. The predicted octanol–water partition coefficient (Wildman–Crippen LogP) is 3.44. The Morgan fingerprint density at radius 1 is 1.31 bits per heavy atom. The molecule has 9 heteroatoms. The van der Waals surface area contributed by atoms with Gasteiger partial charge in [0.15, 0.2) is 5.75 Å². The van der Waals surface area contributed by atoms with Crippen LogP contribution in [0.15, 0.2) is 24.4 Å². The van der Waals surface area contributed by atoms with E-state index in [9.17, 15) is 28.2 Å². The summed E-state index contributed by atoms with van der Waals surface area (Å²) in [5, 5.41) is 18.9. The van der Waals surface area contributed by atoms with E-state index in [0.717, 1.165) is 6.07 Å². The molecule has 0 aliphatic rings. The first-order valence-electron chi connectivity index (χ1n) is 7.75. The van der Waals surface area contributed by atoms with E-state index in [1.807, 2.05) is 20.8 Å². The highest BCUT2D eigenvalue weighted by molar-refractivity contribution is 5.96. The van der Waals surface area contributed by atoms with Crippen molar-refractivity contribution in [2.75, 3.05) is 6.61 Å². The van der Waals surface area contributed by atoms with Crippen molar-refractivity contribution in [2.24, 2.45) is 0 Å². The zero-order valence-corrected chi connectivity index (χ0v) is 14.5. The molecule has 26 heavy (non-hydrogen) atoms. The van der Waals surface area contributed by atoms with Gasteiger partial charge in [-0.05, 0) is 18.2 Å². The molecule has 2 aromatic heterocycles. The third kappa shape index (κ3) is 4.16. The summed E-state index contributed by atoms with van der Waals surface area (Å²) in [5.41, 5.74) is -0.489. The molecule has 0 saturated heterocycles. The second kappa shape index (κ2) is 6.99. The minimum atomic E-state index is -4.96. The molecule has 0 atom stereocenters. The van der Waals surface area contributed by atoms with Crippen LogP contribution in [-0.4, -0.2) is 38.7 Å². The number of halogens is 3. The minimum absolute atomic E-state index is 0.00273. The molecule has 0 spiro atoms. The van der Waals surface area contributed by atoms with Crippen LogP contribution in [-0.2, 0) is 12.0 Å². The molecule has 0 aromatic carbocycles. The summed E-state index contributed by atoms with van der Waals surface area (Å²) in [7, 11) is 0. The van der Waals surface area contributed by atoms with Crippen LogP contribution in [0.5, 0.6) is 5.75 Å². The van der Waals surface area contributed by atoms with Gasteiger partial charge in [-0.2, -0.15) is 0 Å². The average Bonchev–Trinajstić information content (AvgIpc) is 2.86. The van der Waals surface area contributed by atoms with Gasteiger partial charge in [-0.3, -0.25) is 4.98 Å². The number of nitrogens with zero attached hydrogens (tertiary/aromatic N) is 2. The van der Waals surface area contributed by atoms with Gasteiger partial charge in [-0.1, -0.05) is 20.8 Å². The summed E-state index contributed by atoms with van der Waals surface area (Å²) in [6.07, 6.45) is -3.71. The third-order valence-electron chi connectivity index (χ3n) is 3.64. The van der Waals surface area contributed by atoms with Crippen molar-refractivity contribution in [3.05, 3.63) is 35.7 Å². The molecule has 0 saturated carbocycles. The maximum Gasteiger partial charge on any atom is 0.573 e. The van der Waals surface area contributed by atoms with E-state index in [0.29, 0.717) is 5.69 Å². The van der Waals surface area contributed by atoms with Gasteiger partial charge in [0.1, 0.15) is 5.69 Å². The van der Waals surface area contributed by atoms with Crippen LogP contribution in [0.4, 0.5) is 13.2 Å². The highest BCUT2D eigenvalue weighted by atomic mass is 19.4. The maximum absolute atomic E-state index is 12.7. The second-order valence-corrected chi connectivity index (χ2v) is 6.62. The molecule has 2 rings (SSSR count). The van der Waals surface area contributed by atoms with Crippen LogP contribution in [0.2, 0.25) is 0 Å². The van der Waals surface area contributed by atoms with Crippen LogP contribution in [0.25, 0.3) is 11.4 Å². The average molecular weight is 372 g/mol. The number of aliphatic hydroxyl groups excluding tert-OH is 1. The number of ether oxygens (including phenoxy) is 1. The number of pyridine rings is 1. The Balaban J connectivity index is 2.81. The number of carbonyl (C=O) groups is 1. The lowest BCUT2D eigenvalue weighted by atomic mass is 9.92. The summed E-state index contributed by atoms with van der Waals surface area (Å²) < 4.78 is 43.7. The van der Waals surface area contributed by atoms with Crippen LogP contribution in [0.3, 0.4) is 0 Å². The highest BCUT2D eigenvalue weighted by Gasteiger charge is 2.35. The van der Waals surface area contributed by atoms with Crippen molar-refractivity contribution < 1.29 is 32.9 Å². The van der Waals surface area contributed by atoms with Gasteiger partial charge in [-0.15, -0.1) is 13.2 Å². The number of hydrogen-bond donors (Lipinski definition) is 2. The summed E-state index contributed by atoms with van der Waals surface area (Å²) in [5.74, 6) is -1.92. The van der Waals surface area contributed by atoms with Crippen LogP contribution in [0.1, 0.15) is 36.8 Å². The summed E-state index contributed by atoms with van der Waals surface area (Å²) >= 11 is 0. The number of hydrogen-bond acceptors (Lipinski definition) is 4. The van der Waals surface area contributed by atoms with Gasteiger partial charge in [0.2, 0.25) is 0 Å². The molecule has 2 N–H and O–H groups in total. The molecule has 0 aliphatic heterocycles. The van der Waals surface area contributed by atoms with Gasteiger partial charge < -0.3 is 19.5 Å². The Hall–Kier alpha value is -2.55. The Labute approximate surface area is 147 Å².